The van der Waals surface area contributed by atoms with Crippen molar-refractivity contribution in [2.75, 3.05) is 11.1 Å². The van der Waals surface area contributed by atoms with Crippen molar-refractivity contribution in [3.63, 3.8) is 0 Å². The lowest BCUT2D eigenvalue weighted by Gasteiger charge is -2.17. The van der Waals surface area contributed by atoms with Crippen molar-refractivity contribution in [1.29, 1.82) is 0 Å². The maximum absolute atomic E-state index is 5.90. The third-order valence-electron chi connectivity index (χ3n) is 3.46. The number of anilines is 2. The molecule has 0 amide bonds. The van der Waals surface area contributed by atoms with Crippen LogP contribution in [0.3, 0.4) is 0 Å². The summed E-state index contributed by atoms with van der Waals surface area (Å²) in [7, 11) is 0. The van der Waals surface area contributed by atoms with Gasteiger partial charge in [-0.05, 0) is 50.2 Å². The number of aromatic nitrogens is 2. The van der Waals surface area contributed by atoms with E-state index in [4.69, 9.17) is 5.73 Å². The van der Waals surface area contributed by atoms with E-state index < -0.39 is 0 Å². The largest absolute Gasteiger partial charge is 0.399 e. The van der Waals surface area contributed by atoms with Crippen LogP contribution >= 0.6 is 0 Å². The fourth-order valence-corrected chi connectivity index (χ4v) is 2.43. The second kappa shape index (κ2) is 5.40. The Morgan fingerprint density at radius 1 is 1.14 bits per heavy atom. The highest BCUT2D eigenvalue weighted by Gasteiger charge is 2.10. The Bertz CT molecular complexity index is 768. The molecule has 2 heterocycles. The third kappa shape index (κ3) is 2.79. The molecule has 0 saturated heterocycles. The Hall–Kier alpha value is -2.62. The number of nitrogens with zero attached hydrogens (tertiary/aromatic N) is 2. The van der Waals surface area contributed by atoms with Crippen LogP contribution in [-0.2, 0) is 0 Å². The maximum Gasteiger partial charge on any atom is 0.0727 e. The first-order valence-corrected chi connectivity index (χ1v) is 6.98. The van der Waals surface area contributed by atoms with Crippen LogP contribution in [0.25, 0.3) is 10.9 Å². The number of nitrogens with one attached hydrogen (secondary N) is 1. The topological polar surface area (TPSA) is 63.8 Å². The lowest BCUT2D eigenvalue weighted by molar-refractivity contribution is 0.840. The van der Waals surface area contributed by atoms with Gasteiger partial charge < -0.3 is 11.1 Å². The number of rotatable bonds is 3. The van der Waals surface area contributed by atoms with Crippen LogP contribution in [0.1, 0.15) is 24.4 Å². The molecule has 21 heavy (non-hydrogen) atoms. The standard InChI is InChI=1S/C17H18N4/c1-11-9-17(14-10-13(18)6-7-16(14)20-11)21-12(2)15-5-3-4-8-19-15/h3-10,12H,18H2,1-2H3,(H,20,21). The highest BCUT2D eigenvalue weighted by molar-refractivity contribution is 5.93. The lowest BCUT2D eigenvalue weighted by atomic mass is 10.1. The van der Waals surface area contributed by atoms with Gasteiger partial charge in [0.2, 0.25) is 0 Å². The molecule has 0 aliphatic heterocycles. The van der Waals surface area contributed by atoms with E-state index >= 15 is 0 Å². The minimum Gasteiger partial charge on any atom is -0.399 e. The van der Waals surface area contributed by atoms with E-state index in [-0.39, 0.29) is 6.04 Å². The van der Waals surface area contributed by atoms with Crippen LogP contribution in [0.4, 0.5) is 11.4 Å². The summed E-state index contributed by atoms with van der Waals surface area (Å²) < 4.78 is 0. The Morgan fingerprint density at radius 2 is 2.00 bits per heavy atom. The zero-order valence-corrected chi connectivity index (χ0v) is 12.2. The molecule has 4 nitrogen and oxygen atoms in total. The monoisotopic (exact) mass is 278 g/mol. The normalized spacial score (nSPS) is 12.3. The van der Waals surface area contributed by atoms with E-state index in [1.165, 1.54) is 0 Å². The molecule has 4 heteroatoms. The number of fused-ring (bicyclic) bond motifs is 1. The summed E-state index contributed by atoms with van der Waals surface area (Å²) in [4.78, 5) is 8.94. The molecule has 3 N–H and O–H groups in total. The minimum atomic E-state index is 0.109. The van der Waals surface area contributed by atoms with Crippen molar-refractivity contribution >= 4 is 22.3 Å². The molecule has 0 fully saturated rings. The highest BCUT2D eigenvalue weighted by atomic mass is 14.9. The second-order valence-electron chi connectivity index (χ2n) is 5.21. The fraction of sp³-hybridized carbons (Fsp3) is 0.176. The summed E-state index contributed by atoms with van der Waals surface area (Å²) in [6, 6.07) is 13.9. The molecule has 3 rings (SSSR count). The molecule has 2 aromatic heterocycles. The van der Waals surface area contributed by atoms with Gasteiger partial charge >= 0.3 is 0 Å². The summed E-state index contributed by atoms with van der Waals surface area (Å²) in [6.45, 7) is 4.09. The zero-order valence-electron chi connectivity index (χ0n) is 12.2. The zero-order chi connectivity index (χ0) is 14.8. The van der Waals surface area contributed by atoms with E-state index in [0.29, 0.717) is 0 Å². The first kappa shape index (κ1) is 13.4. The molecule has 0 aliphatic rings. The van der Waals surface area contributed by atoms with Crippen LogP contribution in [0, 0.1) is 6.92 Å². The minimum absolute atomic E-state index is 0.109. The predicted octanol–water partition coefficient (Wildman–Crippen LogP) is 3.69. The summed E-state index contributed by atoms with van der Waals surface area (Å²) in [5, 5.41) is 4.54. The number of benzene rings is 1. The van der Waals surface area contributed by atoms with Crippen molar-refractivity contribution in [3.05, 3.63) is 60.0 Å². The summed E-state index contributed by atoms with van der Waals surface area (Å²) in [6.07, 6.45) is 1.81. The number of nitrogen functional groups attached to an aromatic ring is 1. The van der Waals surface area contributed by atoms with Crippen LogP contribution in [0.2, 0.25) is 0 Å². The van der Waals surface area contributed by atoms with Gasteiger partial charge in [-0.15, -0.1) is 0 Å². The molecule has 1 atom stereocenters. The Morgan fingerprint density at radius 3 is 2.76 bits per heavy atom. The molecule has 1 unspecified atom stereocenters. The number of pyridine rings is 2. The average molecular weight is 278 g/mol. The fourth-order valence-electron chi connectivity index (χ4n) is 2.43. The van der Waals surface area contributed by atoms with Gasteiger partial charge in [0.1, 0.15) is 0 Å². The second-order valence-corrected chi connectivity index (χ2v) is 5.21. The van der Waals surface area contributed by atoms with Crippen molar-refractivity contribution in [3.8, 4) is 0 Å². The number of hydrogen-bond donors (Lipinski definition) is 2. The quantitative estimate of drug-likeness (QED) is 0.717. The van der Waals surface area contributed by atoms with E-state index in [2.05, 4.69) is 22.2 Å². The predicted molar refractivity (Wildman–Crippen MR) is 87.2 cm³/mol. The molecule has 0 spiro atoms. The van der Waals surface area contributed by atoms with Crippen molar-refractivity contribution < 1.29 is 0 Å². The van der Waals surface area contributed by atoms with Gasteiger partial charge in [0.15, 0.2) is 0 Å². The van der Waals surface area contributed by atoms with Crippen LogP contribution in [0.15, 0.2) is 48.7 Å². The molecule has 1 aromatic carbocycles. The van der Waals surface area contributed by atoms with E-state index in [1.54, 1.807) is 6.20 Å². The molecule has 0 saturated carbocycles. The smallest absolute Gasteiger partial charge is 0.0727 e. The number of nitrogens with two attached hydrogens (primary N) is 1. The van der Waals surface area contributed by atoms with Crippen LogP contribution in [-0.4, -0.2) is 9.97 Å². The Balaban J connectivity index is 2.02. The molecule has 0 aliphatic carbocycles. The highest BCUT2D eigenvalue weighted by Crippen LogP contribution is 2.28. The van der Waals surface area contributed by atoms with Crippen LogP contribution in [0.5, 0.6) is 0 Å². The van der Waals surface area contributed by atoms with Gasteiger partial charge in [0, 0.05) is 28.7 Å². The lowest BCUT2D eigenvalue weighted by Crippen LogP contribution is -2.09. The van der Waals surface area contributed by atoms with Gasteiger partial charge in [-0.2, -0.15) is 0 Å². The molecule has 3 aromatic rings. The van der Waals surface area contributed by atoms with E-state index in [1.807, 2.05) is 49.4 Å². The molecule has 0 bridgehead atoms. The first-order valence-electron chi connectivity index (χ1n) is 6.98. The summed E-state index contributed by atoms with van der Waals surface area (Å²) in [5.41, 5.74) is 10.6. The molecule has 106 valence electrons. The molecular weight excluding hydrogens is 260 g/mol. The summed E-state index contributed by atoms with van der Waals surface area (Å²) >= 11 is 0. The van der Waals surface area contributed by atoms with Crippen molar-refractivity contribution in [2.24, 2.45) is 0 Å². The van der Waals surface area contributed by atoms with Gasteiger partial charge in [0.25, 0.3) is 0 Å². The SMILES string of the molecule is Cc1cc(NC(C)c2ccccn2)c2cc(N)ccc2n1. The van der Waals surface area contributed by atoms with Gasteiger partial charge in [0.05, 0.1) is 17.3 Å². The van der Waals surface area contributed by atoms with E-state index in [9.17, 15) is 0 Å². The third-order valence-corrected chi connectivity index (χ3v) is 3.46. The maximum atomic E-state index is 5.90. The Kier molecular flexibility index (Phi) is 3.44. The van der Waals surface area contributed by atoms with E-state index in [0.717, 1.165) is 33.7 Å². The van der Waals surface area contributed by atoms with Crippen molar-refractivity contribution in [1.82, 2.24) is 9.97 Å². The van der Waals surface area contributed by atoms with Crippen LogP contribution < -0.4 is 11.1 Å². The number of aryl methyl sites for hydroxylation is 1. The van der Waals surface area contributed by atoms with Gasteiger partial charge in [-0.1, -0.05) is 6.07 Å². The number of hydrogen-bond acceptors (Lipinski definition) is 4. The van der Waals surface area contributed by atoms with Crippen molar-refractivity contribution in [2.45, 2.75) is 19.9 Å². The van der Waals surface area contributed by atoms with Gasteiger partial charge in [-0.3, -0.25) is 9.97 Å². The van der Waals surface area contributed by atoms with Gasteiger partial charge in [-0.25, -0.2) is 0 Å². The first-order chi connectivity index (χ1) is 10.1. The average Bonchev–Trinajstić information content (AvgIpc) is 2.49. The molecular formula is C17H18N4. The summed E-state index contributed by atoms with van der Waals surface area (Å²) in [5.74, 6) is 0. The molecule has 0 radical (unpaired) electrons. The Labute approximate surface area is 124 Å².